The van der Waals surface area contributed by atoms with Crippen molar-refractivity contribution in [1.82, 2.24) is 10.2 Å². The minimum absolute atomic E-state index is 0.560. The molecule has 15 heavy (non-hydrogen) atoms. The molecule has 0 spiro atoms. The van der Waals surface area contributed by atoms with E-state index in [9.17, 15) is 0 Å². The SMILES string of the molecule is Cc1cccc(NCc2nnc(C)o2)c1. The molecule has 0 radical (unpaired) electrons. The average Bonchev–Trinajstić information content (AvgIpc) is 2.62. The number of hydrogen-bond donors (Lipinski definition) is 1. The molecule has 4 heteroatoms. The number of nitrogens with zero attached hydrogens (tertiary/aromatic N) is 2. The maximum absolute atomic E-state index is 5.25. The molecule has 1 heterocycles. The Hall–Kier alpha value is -1.84. The lowest BCUT2D eigenvalue weighted by Crippen LogP contribution is -1.99. The fraction of sp³-hybridized carbons (Fsp3) is 0.273. The van der Waals surface area contributed by atoms with Crippen molar-refractivity contribution in [1.29, 1.82) is 0 Å². The molecule has 0 fully saturated rings. The van der Waals surface area contributed by atoms with Gasteiger partial charge in [0.2, 0.25) is 11.8 Å². The zero-order valence-electron chi connectivity index (χ0n) is 8.82. The summed E-state index contributed by atoms with van der Waals surface area (Å²) in [6.07, 6.45) is 0. The van der Waals surface area contributed by atoms with Crippen molar-refractivity contribution in [3.8, 4) is 0 Å². The van der Waals surface area contributed by atoms with E-state index in [1.165, 1.54) is 5.56 Å². The van der Waals surface area contributed by atoms with Crippen LogP contribution < -0.4 is 5.32 Å². The zero-order valence-corrected chi connectivity index (χ0v) is 8.82. The average molecular weight is 203 g/mol. The summed E-state index contributed by atoms with van der Waals surface area (Å²) >= 11 is 0. The molecule has 2 rings (SSSR count). The van der Waals surface area contributed by atoms with Gasteiger partial charge in [0.15, 0.2) is 0 Å². The number of rotatable bonds is 3. The molecular formula is C11H13N3O. The monoisotopic (exact) mass is 203 g/mol. The third-order valence-electron chi connectivity index (χ3n) is 2.03. The Labute approximate surface area is 88.3 Å². The van der Waals surface area contributed by atoms with Crippen molar-refractivity contribution in [2.75, 3.05) is 5.32 Å². The van der Waals surface area contributed by atoms with E-state index in [0.29, 0.717) is 18.3 Å². The highest BCUT2D eigenvalue weighted by Gasteiger charge is 2.01. The largest absolute Gasteiger partial charge is 0.424 e. The van der Waals surface area contributed by atoms with Crippen LogP contribution in [0.1, 0.15) is 17.3 Å². The van der Waals surface area contributed by atoms with E-state index in [1.807, 2.05) is 12.1 Å². The first kappa shape index (κ1) is 9.71. The zero-order chi connectivity index (χ0) is 10.7. The Balaban J connectivity index is 1.99. The van der Waals surface area contributed by atoms with Crippen LogP contribution in [-0.2, 0) is 6.54 Å². The number of aromatic nitrogens is 2. The summed E-state index contributed by atoms with van der Waals surface area (Å²) in [6, 6.07) is 8.15. The number of nitrogens with one attached hydrogen (secondary N) is 1. The topological polar surface area (TPSA) is 51.0 Å². The van der Waals surface area contributed by atoms with E-state index in [2.05, 4.69) is 34.6 Å². The Bertz CT molecular complexity index is 451. The van der Waals surface area contributed by atoms with Gasteiger partial charge in [-0.05, 0) is 24.6 Å². The van der Waals surface area contributed by atoms with Gasteiger partial charge in [0.05, 0.1) is 6.54 Å². The van der Waals surface area contributed by atoms with Crippen LogP contribution >= 0.6 is 0 Å². The highest BCUT2D eigenvalue weighted by molar-refractivity contribution is 5.45. The third-order valence-corrected chi connectivity index (χ3v) is 2.03. The summed E-state index contributed by atoms with van der Waals surface area (Å²) in [4.78, 5) is 0. The van der Waals surface area contributed by atoms with E-state index in [4.69, 9.17) is 4.42 Å². The molecule has 0 aliphatic rings. The van der Waals surface area contributed by atoms with Crippen molar-refractivity contribution in [3.63, 3.8) is 0 Å². The van der Waals surface area contributed by atoms with Crippen LogP contribution in [0.15, 0.2) is 28.7 Å². The van der Waals surface area contributed by atoms with Crippen molar-refractivity contribution in [3.05, 3.63) is 41.6 Å². The van der Waals surface area contributed by atoms with Crippen LogP contribution in [0.2, 0.25) is 0 Å². The maximum atomic E-state index is 5.25. The van der Waals surface area contributed by atoms with Crippen molar-refractivity contribution in [2.45, 2.75) is 20.4 Å². The van der Waals surface area contributed by atoms with Gasteiger partial charge in [0.1, 0.15) is 0 Å². The number of hydrogen-bond acceptors (Lipinski definition) is 4. The first-order chi connectivity index (χ1) is 7.24. The second-order valence-corrected chi connectivity index (χ2v) is 3.44. The lowest BCUT2D eigenvalue weighted by molar-refractivity contribution is 0.475. The maximum Gasteiger partial charge on any atom is 0.235 e. The van der Waals surface area contributed by atoms with Gasteiger partial charge in [-0.15, -0.1) is 10.2 Å². The highest BCUT2D eigenvalue weighted by atomic mass is 16.4. The molecule has 0 aliphatic heterocycles. The number of aryl methyl sites for hydroxylation is 2. The molecule has 78 valence electrons. The summed E-state index contributed by atoms with van der Waals surface area (Å²) in [6.45, 7) is 4.40. The van der Waals surface area contributed by atoms with Crippen LogP contribution in [-0.4, -0.2) is 10.2 Å². The van der Waals surface area contributed by atoms with Gasteiger partial charge in [0.25, 0.3) is 0 Å². The van der Waals surface area contributed by atoms with Crippen LogP contribution in [0.3, 0.4) is 0 Å². The molecular weight excluding hydrogens is 190 g/mol. The van der Waals surface area contributed by atoms with Gasteiger partial charge in [-0.1, -0.05) is 12.1 Å². The minimum atomic E-state index is 0.560. The molecule has 4 nitrogen and oxygen atoms in total. The fourth-order valence-corrected chi connectivity index (χ4v) is 1.34. The second kappa shape index (κ2) is 4.13. The number of benzene rings is 1. The molecule has 0 unspecified atom stereocenters. The Morgan fingerprint density at radius 3 is 2.80 bits per heavy atom. The van der Waals surface area contributed by atoms with Gasteiger partial charge in [-0.2, -0.15) is 0 Å². The lowest BCUT2D eigenvalue weighted by atomic mass is 10.2. The molecule has 0 bridgehead atoms. The molecule has 0 saturated heterocycles. The predicted octanol–water partition coefficient (Wildman–Crippen LogP) is 2.30. The van der Waals surface area contributed by atoms with E-state index in [1.54, 1.807) is 6.92 Å². The quantitative estimate of drug-likeness (QED) is 0.831. The van der Waals surface area contributed by atoms with Gasteiger partial charge < -0.3 is 9.73 Å². The first-order valence-corrected chi connectivity index (χ1v) is 4.83. The summed E-state index contributed by atoms with van der Waals surface area (Å²) in [5.74, 6) is 1.20. The Morgan fingerprint density at radius 2 is 2.13 bits per heavy atom. The minimum Gasteiger partial charge on any atom is -0.424 e. The summed E-state index contributed by atoms with van der Waals surface area (Å²) in [5, 5.41) is 10.9. The van der Waals surface area contributed by atoms with Gasteiger partial charge in [0, 0.05) is 12.6 Å². The first-order valence-electron chi connectivity index (χ1n) is 4.83. The van der Waals surface area contributed by atoms with E-state index in [0.717, 1.165) is 5.69 Å². The van der Waals surface area contributed by atoms with Crippen molar-refractivity contribution >= 4 is 5.69 Å². The van der Waals surface area contributed by atoms with Crippen LogP contribution in [0.25, 0.3) is 0 Å². The van der Waals surface area contributed by atoms with Crippen LogP contribution in [0, 0.1) is 13.8 Å². The Kier molecular flexibility index (Phi) is 2.67. The Morgan fingerprint density at radius 1 is 1.27 bits per heavy atom. The molecule has 0 atom stereocenters. The highest BCUT2D eigenvalue weighted by Crippen LogP contribution is 2.10. The van der Waals surface area contributed by atoms with Crippen molar-refractivity contribution in [2.24, 2.45) is 0 Å². The van der Waals surface area contributed by atoms with Crippen molar-refractivity contribution < 1.29 is 4.42 Å². The summed E-state index contributed by atoms with van der Waals surface area (Å²) < 4.78 is 5.25. The van der Waals surface area contributed by atoms with Crippen LogP contribution in [0.4, 0.5) is 5.69 Å². The van der Waals surface area contributed by atoms with E-state index < -0.39 is 0 Å². The molecule has 1 aromatic heterocycles. The molecule has 1 aromatic carbocycles. The van der Waals surface area contributed by atoms with E-state index in [-0.39, 0.29) is 0 Å². The molecule has 1 N–H and O–H groups in total. The number of anilines is 1. The normalized spacial score (nSPS) is 10.3. The molecule has 0 amide bonds. The smallest absolute Gasteiger partial charge is 0.235 e. The molecule has 2 aromatic rings. The molecule has 0 saturated carbocycles. The molecule has 0 aliphatic carbocycles. The van der Waals surface area contributed by atoms with Gasteiger partial charge >= 0.3 is 0 Å². The standard InChI is InChI=1S/C11H13N3O/c1-8-4-3-5-10(6-8)12-7-11-14-13-9(2)15-11/h3-6,12H,7H2,1-2H3. The third kappa shape index (κ3) is 2.56. The van der Waals surface area contributed by atoms with E-state index >= 15 is 0 Å². The second-order valence-electron chi connectivity index (χ2n) is 3.44. The van der Waals surface area contributed by atoms with Gasteiger partial charge in [-0.25, -0.2) is 0 Å². The summed E-state index contributed by atoms with van der Waals surface area (Å²) in [5.41, 5.74) is 2.28. The van der Waals surface area contributed by atoms with Crippen LogP contribution in [0.5, 0.6) is 0 Å². The fourth-order valence-electron chi connectivity index (χ4n) is 1.34. The van der Waals surface area contributed by atoms with Gasteiger partial charge in [-0.3, -0.25) is 0 Å². The summed E-state index contributed by atoms with van der Waals surface area (Å²) in [7, 11) is 0. The lowest BCUT2D eigenvalue weighted by Gasteiger charge is -2.03. The predicted molar refractivity (Wildman–Crippen MR) is 57.5 cm³/mol.